The highest BCUT2D eigenvalue weighted by Gasteiger charge is 2.37. The molecular weight excluding hydrogens is 412 g/mol. The average Bonchev–Trinajstić information content (AvgIpc) is 3.55. The van der Waals surface area contributed by atoms with Crippen LogP contribution in [0.5, 0.6) is 11.5 Å². The molecule has 2 saturated heterocycles. The molecule has 8 heteroatoms. The Morgan fingerprint density at radius 1 is 0.938 bits per heavy atom. The predicted octanol–water partition coefficient (Wildman–Crippen LogP) is 3.37. The maximum Gasteiger partial charge on any atom is 0.261 e. The van der Waals surface area contributed by atoms with E-state index in [4.69, 9.17) is 14.2 Å². The molecular formula is C24H24N2O6. The van der Waals surface area contributed by atoms with Crippen LogP contribution < -0.4 is 10.1 Å². The van der Waals surface area contributed by atoms with E-state index in [9.17, 15) is 14.4 Å². The molecule has 166 valence electrons. The van der Waals surface area contributed by atoms with Crippen molar-refractivity contribution in [2.75, 3.05) is 25.1 Å². The Labute approximate surface area is 185 Å². The van der Waals surface area contributed by atoms with Crippen molar-refractivity contribution >= 4 is 23.4 Å². The molecule has 5 rings (SSSR count). The normalized spacial score (nSPS) is 22.3. The summed E-state index contributed by atoms with van der Waals surface area (Å²) in [5.74, 6) is 0.245. The Hall–Kier alpha value is -3.23. The molecule has 2 aromatic rings. The second kappa shape index (κ2) is 8.72. The van der Waals surface area contributed by atoms with E-state index in [1.54, 1.807) is 42.5 Å². The summed E-state index contributed by atoms with van der Waals surface area (Å²) in [7, 11) is 0. The van der Waals surface area contributed by atoms with Gasteiger partial charge < -0.3 is 19.5 Å². The van der Waals surface area contributed by atoms with Crippen molar-refractivity contribution in [3.05, 3.63) is 53.6 Å². The zero-order chi connectivity index (χ0) is 22.1. The average molecular weight is 436 g/mol. The fraction of sp³-hybridized carbons (Fsp3) is 0.375. The van der Waals surface area contributed by atoms with Gasteiger partial charge in [-0.25, -0.2) is 0 Å². The third kappa shape index (κ3) is 4.11. The third-order valence-electron chi connectivity index (χ3n) is 5.93. The molecule has 3 amide bonds. The van der Waals surface area contributed by atoms with Gasteiger partial charge in [0.2, 0.25) is 0 Å². The number of hydrogen-bond donors (Lipinski definition) is 1. The van der Waals surface area contributed by atoms with Crippen LogP contribution in [0.25, 0.3) is 0 Å². The minimum Gasteiger partial charge on any atom is -0.457 e. The lowest BCUT2D eigenvalue weighted by molar-refractivity contribution is -0.124. The molecule has 0 saturated carbocycles. The minimum atomic E-state index is -0.391. The molecule has 8 nitrogen and oxygen atoms in total. The number of ether oxygens (including phenoxy) is 3. The van der Waals surface area contributed by atoms with Gasteiger partial charge in [-0.2, -0.15) is 0 Å². The van der Waals surface area contributed by atoms with Crippen LogP contribution in [-0.2, 0) is 14.3 Å². The molecule has 2 unspecified atom stereocenters. The number of hydrogen-bond acceptors (Lipinski definition) is 6. The van der Waals surface area contributed by atoms with Crippen LogP contribution >= 0.6 is 0 Å². The number of nitrogens with one attached hydrogen (secondary N) is 1. The first-order valence-electron chi connectivity index (χ1n) is 10.9. The Bertz CT molecular complexity index is 1040. The van der Waals surface area contributed by atoms with Crippen molar-refractivity contribution in [3.8, 4) is 11.5 Å². The number of fused-ring (bicyclic) bond motifs is 1. The lowest BCUT2D eigenvalue weighted by Gasteiger charge is -2.17. The number of benzene rings is 2. The SMILES string of the molecule is O=C(Nc1ccc(Oc2ccc3c(c2)C(=O)N(CC2CCCO2)C3=O)cc1)C1CCCO1. The van der Waals surface area contributed by atoms with Gasteiger partial charge in [0.25, 0.3) is 17.7 Å². The highest BCUT2D eigenvalue weighted by molar-refractivity contribution is 6.21. The minimum absolute atomic E-state index is 0.0906. The number of carbonyl (C=O) groups excluding carboxylic acids is 3. The summed E-state index contributed by atoms with van der Waals surface area (Å²) in [5, 5.41) is 2.84. The Morgan fingerprint density at radius 2 is 1.66 bits per heavy atom. The first-order chi connectivity index (χ1) is 15.6. The van der Waals surface area contributed by atoms with Crippen LogP contribution in [-0.4, -0.2) is 54.6 Å². The summed E-state index contributed by atoms with van der Waals surface area (Å²) in [4.78, 5) is 38.9. The predicted molar refractivity (Wildman–Crippen MR) is 115 cm³/mol. The molecule has 1 N–H and O–H groups in total. The highest BCUT2D eigenvalue weighted by atomic mass is 16.5. The lowest BCUT2D eigenvalue weighted by Crippen LogP contribution is -2.36. The second-order valence-electron chi connectivity index (χ2n) is 8.18. The van der Waals surface area contributed by atoms with Crippen LogP contribution in [0, 0.1) is 0 Å². The summed E-state index contributed by atoms with van der Waals surface area (Å²) in [5.41, 5.74) is 1.37. The largest absolute Gasteiger partial charge is 0.457 e. The second-order valence-corrected chi connectivity index (χ2v) is 8.18. The van der Waals surface area contributed by atoms with Crippen molar-refractivity contribution < 1.29 is 28.6 Å². The number of imide groups is 1. The van der Waals surface area contributed by atoms with Crippen molar-refractivity contribution in [3.63, 3.8) is 0 Å². The molecule has 3 aliphatic heterocycles. The summed E-state index contributed by atoms with van der Waals surface area (Å²) in [6.07, 6.45) is 2.95. The lowest BCUT2D eigenvalue weighted by atomic mass is 10.1. The van der Waals surface area contributed by atoms with E-state index in [1.807, 2.05) is 0 Å². The van der Waals surface area contributed by atoms with Gasteiger partial charge in [0.05, 0.1) is 23.8 Å². The molecule has 3 aliphatic rings. The molecule has 2 aromatic carbocycles. The van der Waals surface area contributed by atoms with Crippen LogP contribution in [0.4, 0.5) is 5.69 Å². The zero-order valence-electron chi connectivity index (χ0n) is 17.5. The molecule has 0 spiro atoms. The fourth-order valence-electron chi connectivity index (χ4n) is 4.24. The molecule has 2 atom stereocenters. The molecule has 0 bridgehead atoms. The summed E-state index contributed by atoms with van der Waals surface area (Å²) < 4.78 is 16.8. The number of carbonyl (C=O) groups is 3. The quantitative estimate of drug-likeness (QED) is 0.698. The van der Waals surface area contributed by atoms with Gasteiger partial charge >= 0.3 is 0 Å². The van der Waals surface area contributed by atoms with Crippen molar-refractivity contribution in [1.29, 1.82) is 0 Å². The fourth-order valence-corrected chi connectivity index (χ4v) is 4.24. The molecule has 0 aliphatic carbocycles. The van der Waals surface area contributed by atoms with Gasteiger partial charge in [-0.1, -0.05) is 0 Å². The van der Waals surface area contributed by atoms with Gasteiger partial charge in [0.1, 0.15) is 17.6 Å². The first-order valence-corrected chi connectivity index (χ1v) is 10.9. The Kier molecular flexibility index (Phi) is 5.63. The number of nitrogens with zero attached hydrogens (tertiary/aromatic N) is 1. The summed E-state index contributed by atoms with van der Waals surface area (Å²) in [6.45, 7) is 1.57. The van der Waals surface area contributed by atoms with Crippen LogP contribution in [0.15, 0.2) is 42.5 Å². The topological polar surface area (TPSA) is 94.2 Å². The Morgan fingerprint density at radius 3 is 2.38 bits per heavy atom. The van der Waals surface area contributed by atoms with E-state index in [-0.39, 0.29) is 30.4 Å². The van der Waals surface area contributed by atoms with Crippen LogP contribution in [0.3, 0.4) is 0 Å². The van der Waals surface area contributed by atoms with Crippen LogP contribution in [0.1, 0.15) is 46.4 Å². The molecule has 32 heavy (non-hydrogen) atoms. The van der Waals surface area contributed by atoms with E-state index in [0.29, 0.717) is 41.5 Å². The Balaban J connectivity index is 1.24. The third-order valence-corrected chi connectivity index (χ3v) is 5.93. The maximum absolute atomic E-state index is 12.8. The van der Waals surface area contributed by atoms with E-state index in [1.165, 1.54) is 4.90 Å². The molecule has 0 aromatic heterocycles. The summed E-state index contributed by atoms with van der Waals surface area (Å²) >= 11 is 0. The first kappa shape index (κ1) is 20.7. The van der Waals surface area contributed by atoms with Gasteiger partial charge in [0.15, 0.2) is 0 Å². The van der Waals surface area contributed by atoms with Crippen molar-refractivity contribution in [2.24, 2.45) is 0 Å². The van der Waals surface area contributed by atoms with E-state index in [0.717, 1.165) is 25.7 Å². The molecule has 2 fully saturated rings. The highest BCUT2D eigenvalue weighted by Crippen LogP contribution is 2.31. The maximum atomic E-state index is 12.8. The van der Waals surface area contributed by atoms with E-state index < -0.39 is 6.10 Å². The van der Waals surface area contributed by atoms with Gasteiger partial charge in [0, 0.05) is 18.9 Å². The standard InChI is InChI=1S/C24H24N2O6/c27-22(21-4-2-12-31-21)25-15-5-7-16(8-6-15)32-17-9-10-19-20(13-17)24(29)26(23(19)28)14-18-3-1-11-30-18/h5-10,13,18,21H,1-4,11-12,14H2,(H,25,27). The number of anilines is 1. The summed E-state index contributed by atoms with van der Waals surface area (Å²) in [6, 6.07) is 11.8. The van der Waals surface area contributed by atoms with Crippen molar-refractivity contribution in [2.45, 2.75) is 37.9 Å². The van der Waals surface area contributed by atoms with Crippen molar-refractivity contribution in [1.82, 2.24) is 4.90 Å². The van der Waals surface area contributed by atoms with Gasteiger partial charge in [-0.3, -0.25) is 19.3 Å². The van der Waals surface area contributed by atoms with Gasteiger partial charge in [-0.15, -0.1) is 0 Å². The smallest absolute Gasteiger partial charge is 0.261 e. The van der Waals surface area contributed by atoms with Gasteiger partial charge in [-0.05, 0) is 68.1 Å². The number of amides is 3. The van der Waals surface area contributed by atoms with E-state index >= 15 is 0 Å². The number of rotatable bonds is 6. The van der Waals surface area contributed by atoms with Crippen LogP contribution in [0.2, 0.25) is 0 Å². The van der Waals surface area contributed by atoms with E-state index in [2.05, 4.69) is 5.32 Å². The zero-order valence-corrected chi connectivity index (χ0v) is 17.5. The molecule has 0 radical (unpaired) electrons. The molecule has 3 heterocycles. The monoisotopic (exact) mass is 436 g/mol.